The van der Waals surface area contributed by atoms with Crippen molar-refractivity contribution in [2.75, 3.05) is 13.7 Å². The third kappa shape index (κ3) is 5.07. The highest BCUT2D eigenvalue weighted by Gasteiger charge is 2.04. The number of aliphatic imine (C=N–C) groups is 1. The molecule has 27 heavy (non-hydrogen) atoms. The van der Waals surface area contributed by atoms with Gasteiger partial charge in [0.2, 0.25) is 0 Å². The molecule has 0 amide bonds. The summed E-state index contributed by atoms with van der Waals surface area (Å²) in [6.07, 6.45) is 7.16. The number of pyridine rings is 1. The van der Waals surface area contributed by atoms with E-state index < -0.39 is 0 Å². The Morgan fingerprint density at radius 1 is 1.19 bits per heavy atom. The molecule has 0 aliphatic heterocycles. The van der Waals surface area contributed by atoms with Crippen LogP contribution in [0, 0.1) is 0 Å². The first-order valence-electron chi connectivity index (χ1n) is 8.87. The van der Waals surface area contributed by atoms with E-state index in [4.69, 9.17) is 4.74 Å². The Kier molecular flexibility index (Phi) is 6.40. The van der Waals surface area contributed by atoms with E-state index in [0.29, 0.717) is 13.1 Å². The number of aromatic nitrogens is 3. The number of para-hydroxylation sites is 1. The van der Waals surface area contributed by atoms with Crippen LogP contribution in [0.25, 0.3) is 5.82 Å². The van der Waals surface area contributed by atoms with Gasteiger partial charge in [0, 0.05) is 37.2 Å². The van der Waals surface area contributed by atoms with Gasteiger partial charge in [-0.25, -0.2) is 15.0 Å². The number of rotatable bonds is 7. The molecule has 2 heterocycles. The Bertz CT molecular complexity index is 858. The monoisotopic (exact) mass is 364 g/mol. The molecule has 0 aliphatic rings. The van der Waals surface area contributed by atoms with Gasteiger partial charge >= 0.3 is 0 Å². The maximum atomic E-state index is 5.39. The largest absolute Gasteiger partial charge is 0.496 e. The molecule has 0 atom stereocenters. The fourth-order valence-corrected chi connectivity index (χ4v) is 2.60. The van der Waals surface area contributed by atoms with E-state index in [1.54, 1.807) is 19.6 Å². The fourth-order valence-electron chi connectivity index (χ4n) is 2.60. The van der Waals surface area contributed by atoms with E-state index >= 15 is 0 Å². The summed E-state index contributed by atoms with van der Waals surface area (Å²) in [5.74, 6) is 2.45. The highest BCUT2D eigenvalue weighted by Crippen LogP contribution is 2.16. The molecule has 7 nitrogen and oxygen atoms in total. The normalized spacial score (nSPS) is 11.3. The van der Waals surface area contributed by atoms with E-state index in [9.17, 15) is 0 Å². The van der Waals surface area contributed by atoms with Gasteiger partial charge in [0.1, 0.15) is 17.9 Å². The Hall–Kier alpha value is -3.35. The molecule has 7 heteroatoms. The average molecular weight is 364 g/mol. The van der Waals surface area contributed by atoms with Gasteiger partial charge in [-0.1, -0.05) is 24.3 Å². The average Bonchev–Trinajstić information content (AvgIpc) is 3.25. The van der Waals surface area contributed by atoms with Crippen molar-refractivity contribution in [1.82, 2.24) is 25.2 Å². The first-order valence-corrected chi connectivity index (χ1v) is 8.87. The van der Waals surface area contributed by atoms with Gasteiger partial charge in [0.15, 0.2) is 5.96 Å². The van der Waals surface area contributed by atoms with Gasteiger partial charge in [-0.2, -0.15) is 0 Å². The van der Waals surface area contributed by atoms with E-state index in [-0.39, 0.29) is 0 Å². The minimum Gasteiger partial charge on any atom is -0.496 e. The van der Waals surface area contributed by atoms with Crippen molar-refractivity contribution in [1.29, 1.82) is 0 Å². The van der Waals surface area contributed by atoms with Crippen LogP contribution in [-0.4, -0.2) is 34.1 Å². The topological polar surface area (TPSA) is 76.4 Å². The van der Waals surface area contributed by atoms with Crippen molar-refractivity contribution in [2.24, 2.45) is 4.99 Å². The first-order chi connectivity index (χ1) is 13.3. The molecule has 2 N–H and O–H groups in total. The zero-order chi connectivity index (χ0) is 18.9. The van der Waals surface area contributed by atoms with Crippen molar-refractivity contribution in [3.8, 4) is 11.6 Å². The summed E-state index contributed by atoms with van der Waals surface area (Å²) in [4.78, 5) is 13.1. The standard InChI is InChI=1S/C20H24N6O/c1-3-22-20(25-14-17-6-4-5-7-18(17)27-2)24-13-16-8-9-19(23-12-16)26-11-10-21-15-26/h4-12,15H,3,13-14H2,1-2H3,(H2,22,24,25). The van der Waals surface area contributed by atoms with Crippen LogP contribution >= 0.6 is 0 Å². The Labute approximate surface area is 159 Å². The molecule has 0 spiro atoms. The van der Waals surface area contributed by atoms with Crippen LogP contribution in [0.5, 0.6) is 5.75 Å². The van der Waals surface area contributed by atoms with Crippen molar-refractivity contribution >= 4 is 5.96 Å². The van der Waals surface area contributed by atoms with Crippen LogP contribution in [0.3, 0.4) is 0 Å². The molecule has 1 aromatic carbocycles. The predicted molar refractivity (Wildman–Crippen MR) is 106 cm³/mol. The van der Waals surface area contributed by atoms with Gasteiger partial charge in [-0.3, -0.25) is 4.57 Å². The number of methoxy groups -OCH3 is 1. The SMILES string of the molecule is CCNC(=NCc1ccc(-n2ccnc2)nc1)NCc1ccccc1OC. The highest BCUT2D eigenvalue weighted by molar-refractivity contribution is 5.79. The van der Waals surface area contributed by atoms with Crippen molar-refractivity contribution in [3.05, 3.63) is 72.4 Å². The van der Waals surface area contributed by atoms with Gasteiger partial charge in [-0.15, -0.1) is 0 Å². The zero-order valence-electron chi connectivity index (χ0n) is 15.6. The van der Waals surface area contributed by atoms with E-state index in [2.05, 4.69) is 25.6 Å². The smallest absolute Gasteiger partial charge is 0.191 e. The van der Waals surface area contributed by atoms with Crippen LogP contribution in [0.15, 0.2) is 66.3 Å². The van der Waals surface area contributed by atoms with Gasteiger partial charge in [0.05, 0.1) is 13.7 Å². The Morgan fingerprint density at radius 3 is 2.78 bits per heavy atom. The quantitative estimate of drug-likeness (QED) is 0.498. The number of hydrogen-bond acceptors (Lipinski definition) is 4. The third-order valence-electron chi connectivity index (χ3n) is 3.98. The molecule has 0 bridgehead atoms. The number of imidazole rings is 1. The van der Waals surface area contributed by atoms with Crippen LogP contribution < -0.4 is 15.4 Å². The summed E-state index contributed by atoms with van der Waals surface area (Å²) >= 11 is 0. The molecule has 0 aliphatic carbocycles. The maximum absolute atomic E-state index is 5.39. The van der Waals surface area contributed by atoms with E-state index in [1.807, 2.05) is 60.3 Å². The number of guanidine groups is 1. The fraction of sp³-hybridized carbons (Fsp3) is 0.250. The molecular formula is C20H24N6O. The number of benzene rings is 1. The lowest BCUT2D eigenvalue weighted by molar-refractivity contribution is 0.409. The second-order valence-corrected chi connectivity index (χ2v) is 5.86. The van der Waals surface area contributed by atoms with Crippen molar-refractivity contribution in [2.45, 2.75) is 20.0 Å². The van der Waals surface area contributed by atoms with Crippen molar-refractivity contribution < 1.29 is 4.74 Å². The zero-order valence-corrected chi connectivity index (χ0v) is 15.6. The summed E-state index contributed by atoms with van der Waals surface area (Å²) in [5, 5.41) is 6.60. The summed E-state index contributed by atoms with van der Waals surface area (Å²) in [6, 6.07) is 11.9. The predicted octanol–water partition coefficient (Wildman–Crippen LogP) is 2.53. The minimum atomic E-state index is 0.540. The number of nitrogens with one attached hydrogen (secondary N) is 2. The van der Waals surface area contributed by atoms with Crippen LogP contribution in [0.2, 0.25) is 0 Å². The lowest BCUT2D eigenvalue weighted by atomic mass is 10.2. The molecular weight excluding hydrogens is 340 g/mol. The van der Waals surface area contributed by atoms with Crippen LogP contribution in [0.1, 0.15) is 18.1 Å². The summed E-state index contributed by atoms with van der Waals surface area (Å²) in [5.41, 5.74) is 2.12. The van der Waals surface area contributed by atoms with Crippen molar-refractivity contribution in [3.63, 3.8) is 0 Å². The number of hydrogen-bond donors (Lipinski definition) is 2. The second kappa shape index (κ2) is 9.38. The molecule has 3 rings (SSSR count). The molecule has 0 saturated carbocycles. The van der Waals surface area contributed by atoms with E-state index in [1.165, 1.54) is 0 Å². The first kappa shape index (κ1) is 18.4. The molecule has 3 aromatic rings. The summed E-state index contributed by atoms with van der Waals surface area (Å²) in [6.45, 7) is 4.00. The van der Waals surface area contributed by atoms with Gasteiger partial charge in [0.25, 0.3) is 0 Å². The summed E-state index contributed by atoms with van der Waals surface area (Å²) in [7, 11) is 1.68. The number of nitrogens with zero attached hydrogens (tertiary/aromatic N) is 4. The van der Waals surface area contributed by atoms with Crippen LogP contribution in [-0.2, 0) is 13.1 Å². The second-order valence-electron chi connectivity index (χ2n) is 5.86. The maximum Gasteiger partial charge on any atom is 0.191 e. The van der Waals surface area contributed by atoms with E-state index in [0.717, 1.165) is 35.2 Å². The summed E-state index contributed by atoms with van der Waals surface area (Å²) < 4.78 is 7.26. The lowest BCUT2D eigenvalue weighted by Gasteiger charge is -2.13. The minimum absolute atomic E-state index is 0.540. The van der Waals surface area contributed by atoms with Crippen LogP contribution in [0.4, 0.5) is 0 Å². The Balaban J connectivity index is 1.63. The third-order valence-corrected chi connectivity index (χ3v) is 3.98. The number of ether oxygens (including phenoxy) is 1. The molecule has 2 aromatic heterocycles. The molecule has 140 valence electrons. The van der Waals surface area contributed by atoms with Gasteiger partial charge in [-0.05, 0) is 24.6 Å². The molecule has 0 fully saturated rings. The highest BCUT2D eigenvalue weighted by atomic mass is 16.5. The Morgan fingerprint density at radius 2 is 2.07 bits per heavy atom. The molecule has 0 saturated heterocycles. The molecule has 0 radical (unpaired) electrons. The molecule has 0 unspecified atom stereocenters. The lowest BCUT2D eigenvalue weighted by Crippen LogP contribution is -2.36. The van der Waals surface area contributed by atoms with Gasteiger partial charge < -0.3 is 15.4 Å².